The topological polar surface area (TPSA) is 23.9 Å². The van der Waals surface area contributed by atoms with Crippen LogP contribution in [-0.2, 0) is 5.41 Å². The Bertz CT molecular complexity index is 270. The van der Waals surface area contributed by atoms with Gasteiger partial charge in [-0.15, -0.1) is 0 Å². The molecule has 0 bridgehead atoms. The van der Waals surface area contributed by atoms with E-state index < -0.39 is 0 Å². The molecule has 1 rings (SSSR count). The zero-order valence-electron chi connectivity index (χ0n) is 7.89. The van der Waals surface area contributed by atoms with Crippen LogP contribution in [0.15, 0.2) is 24.3 Å². The molecule has 0 heterocycles. The van der Waals surface area contributed by atoms with E-state index in [-0.39, 0.29) is 5.41 Å². The van der Waals surface area contributed by atoms with Gasteiger partial charge in [0, 0.05) is 11.6 Å². The largest absolute Gasteiger partial charge is 0.312 e. The minimum Gasteiger partial charge on any atom is -0.312 e. The Morgan fingerprint density at radius 2 is 1.67 bits per heavy atom. The summed E-state index contributed by atoms with van der Waals surface area (Å²) in [6, 6.07) is 8.34. The van der Waals surface area contributed by atoms with Crippen molar-refractivity contribution in [1.29, 1.82) is 5.41 Å². The predicted molar refractivity (Wildman–Crippen MR) is 53.0 cm³/mol. The van der Waals surface area contributed by atoms with Crippen LogP contribution in [0.2, 0.25) is 0 Å². The summed E-state index contributed by atoms with van der Waals surface area (Å²) < 4.78 is 0. The van der Waals surface area contributed by atoms with Gasteiger partial charge in [0.05, 0.1) is 0 Å². The molecule has 0 unspecified atom stereocenters. The summed E-state index contributed by atoms with van der Waals surface area (Å²) in [7, 11) is 0. The molecular formula is C11H15N. The number of hydrogen-bond acceptors (Lipinski definition) is 1. The lowest BCUT2D eigenvalue weighted by Gasteiger charge is -2.18. The maximum atomic E-state index is 7.27. The van der Waals surface area contributed by atoms with Crippen molar-refractivity contribution >= 4 is 6.21 Å². The van der Waals surface area contributed by atoms with Gasteiger partial charge in [-0.2, -0.15) is 0 Å². The van der Waals surface area contributed by atoms with Crippen LogP contribution in [0, 0.1) is 12.3 Å². The van der Waals surface area contributed by atoms with Crippen molar-refractivity contribution in [3.8, 4) is 0 Å². The quantitative estimate of drug-likeness (QED) is 0.645. The molecule has 1 aromatic carbocycles. The number of aryl methyl sites for hydroxylation is 1. The number of hydrogen-bond donors (Lipinski definition) is 1. The maximum absolute atomic E-state index is 7.27. The molecule has 1 heteroatoms. The average Bonchev–Trinajstić information content (AvgIpc) is 2.05. The molecule has 1 aromatic rings. The first-order chi connectivity index (χ1) is 5.56. The Hall–Kier alpha value is -1.11. The van der Waals surface area contributed by atoms with Crippen molar-refractivity contribution < 1.29 is 0 Å². The molecule has 1 nitrogen and oxygen atoms in total. The second kappa shape index (κ2) is 3.10. The highest BCUT2D eigenvalue weighted by atomic mass is 14.4. The van der Waals surface area contributed by atoms with Gasteiger partial charge in [-0.1, -0.05) is 43.7 Å². The van der Waals surface area contributed by atoms with Crippen molar-refractivity contribution in [2.75, 3.05) is 0 Å². The molecule has 0 amide bonds. The Labute approximate surface area is 73.9 Å². The lowest BCUT2D eigenvalue weighted by Crippen LogP contribution is -2.17. The first kappa shape index (κ1) is 8.98. The maximum Gasteiger partial charge on any atom is 0.0242 e. The summed E-state index contributed by atoms with van der Waals surface area (Å²) in [5, 5.41) is 7.27. The Morgan fingerprint density at radius 3 is 2.08 bits per heavy atom. The molecule has 0 aliphatic heterocycles. The molecule has 0 atom stereocenters. The van der Waals surface area contributed by atoms with Crippen molar-refractivity contribution in [3.63, 3.8) is 0 Å². The summed E-state index contributed by atoms with van der Waals surface area (Å²) >= 11 is 0. The van der Waals surface area contributed by atoms with Crippen LogP contribution < -0.4 is 0 Å². The van der Waals surface area contributed by atoms with Crippen LogP contribution in [0.5, 0.6) is 0 Å². The highest BCUT2D eigenvalue weighted by Gasteiger charge is 2.16. The van der Waals surface area contributed by atoms with Crippen LogP contribution in [0.4, 0.5) is 0 Å². The molecule has 0 fully saturated rings. The SMILES string of the molecule is Cc1ccc(C(C)(C)C=N)cc1. The van der Waals surface area contributed by atoms with E-state index in [0.717, 1.165) is 0 Å². The second-order valence-electron chi connectivity index (χ2n) is 3.73. The molecular weight excluding hydrogens is 146 g/mol. The number of rotatable bonds is 2. The predicted octanol–water partition coefficient (Wildman–Crippen LogP) is 2.92. The second-order valence-corrected chi connectivity index (χ2v) is 3.73. The third-order valence-electron chi connectivity index (χ3n) is 2.16. The molecule has 64 valence electrons. The first-order valence-electron chi connectivity index (χ1n) is 4.15. The van der Waals surface area contributed by atoms with Crippen LogP contribution in [0.1, 0.15) is 25.0 Å². The molecule has 0 radical (unpaired) electrons. The van der Waals surface area contributed by atoms with Crippen LogP contribution in [-0.4, -0.2) is 6.21 Å². The lowest BCUT2D eigenvalue weighted by atomic mass is 9.86. The fraction of sp³-hybridized carbons (Fsp3) is 0.364. The van der Waals surface area contributed by atoms with Gasteiger partial charge < -0.3 is 5.41 Å². The molecule has 0 spiro atoms. The van der Waals surface area contributed by atoms with E-state index in [1.165, 1.54) is 17.3 Å². The summed E-state index contributed by atoms with van der Waals surface area (Å²) in [6.07, 6.45) is 1.48. The minimum atomic E-state index is -0.131. The highest BCUT2D eigenvalue weighted by molar-refractivity contribution is 5.69. The normalized spacial score (nSPS) is 11.2. The zero-order chi connectivity index (χ0) is 9.19. The summed E-state index contributed by atoms with van der Waals surface area (Å²) in [5.74, 6) is 0. The summed E-state index contributed by atoms with van der Waals surface area (Å²) in [6.45, 7) is 6.16. The lowest BCUT2D eigenvalue weighted by molar-refractivity contribution is 0.731. The number of nitrogens with one attached hydrogen (secondary N) is 1. The summed E-state index contributed by atoms with van der Waals surface area (Å²) in [4.78, 5) is 0. The molecule has 0 aliphatic rings. The molecule has 1 N–H and O–H groups in total. The van der Waals surface area contributed by atoms with E-state index in [1.54, 1.807) is 0 Å². The van der Waals surface area contributed by atoms with Crippen molar-refractivity contribution in [2.45, 2.75) is 26.2 Å². The van der Waals surface area contributed by atoms with E-state index in [4.69, 9.17) is 5.41 Å². The van der Waals surface area contributed by atoms with Crippen molar-refractivity contribution in [3.05, 3.63) is 35.4 Å². The van der Waals surface area contributed by atoms with Gasteiger partial charge in [-0.05, 0) is 12.5 Å². The Morgan fingerprint density at radius 1 is 1.17 bits per heavy atom. The number of benzene rings is 1. The monoisotopic (exact) mass is 161 g/mol. The Kier molecular flexibility index (Phi) is 2.32. The van der Waals surface area contributed by atoms with E-state index in [2.05, 4.69) is 31.2 Å². The summed E-state index contributed by atoms with van der Waals surface area (Å²) in [5.41, 5.74) is 2.33. The van der Waals surface area contributed by atoms with Gasteiger partial charge in [-0.3, -0.25) is 0 Å². The molecule has 0 saturated carbocycles. The minimum absolute atomic E-state index is 0.131. The Balaban J connectivity index is 3.04. The highest BCUT2D eigenvalue weighted by Crippen LogP contribution is 2.20. The third-order valence-corrected chi connectivity index (χ3v) is 2.16. The van der Waals surface area contributed by atoms with E-state index in [0.29, 0.717) is 0 Å². The van der Waals surface area contributed by atoms with Crippen LogP contribution >= 0.6 is 0 Å². The molecule has 0 saturated heterocycles. The average molecular weight is 161 g/mol. The smallest absolute Gasteiger partial charge is 0.0242 e. The van der Waals surface area contributed by atoms with Crippen molar-refractivity contribution in [1.82, 2.24) is 0 Å². The van der Waals surface area contributed by atoms with Crippen LogP contribution in [0.25, 0.3) is 0 Å². The van der Waals surface area contributed by atoms with Gasteiger partial charge in [0.2, 0.25) is 0 Å². The van der Waals surface area contributed by atoms with Gasteiger partial charge in [0.15, 0.2) is 0 Å². The molecule has 12 heavy (non-hydrogen) atoms. The van der Waals surface area contributed by atoms with E-state index in [1.807, 2.05) is 13.8 Å². The standard InChI is InChI=1S/C11H15N/c1-9-4-6-10(7-5-9)11(2,3)8-12/h4-8,12H,1-3H3. The molecule has 0 aromatic heterocycles. The van der Waals surface area contributed by atoms with Gasteiger partial charge in [0.1, 0.15) is 0 Å². The third kappa shape index (κ3) is 1.73. The van der Waals surface area contributed by atoms with E-state index in [9.17, 15) is 0 Å². The van der Waals surface area contributed by atoms with Gasteiger partial charge in [0.25, 0.3) is 0 Å². The molecule has 0 aliphatic carbocycles. The first-order valence-corrected chi connectivity index (χ1v) is 4.15. The van der Waals surface area contributed by atoms with E-state index >= 15 is 0 Å². The van der Waals surface area contributed by atoms with Crippen molar-refractivity contribution in [2.24, 2.45) is 0 Å². The van der Waals surface area contributed by atoms with Gasteiger partial charge in [-0.25, -0.2) is 0 Å². The van der Waals surface area contributed by atoms with Gasteiger partial charge >= 0.3 is 0 Å². The fourth-order valence-electron chi connectivity index (χ4n) is 1.07. The van der Waals surface area contributed by atoms with Crippen LogP contribution in [0.3, 0.4) is 0 Å². The fourth-order valence-corrected chi connectivity index (χ4v) is 1.07. The zero-order valence-corrected chi connectivity index (χ0v) is 7.89.